The third-order valence-corrected chi connectivity index (χ3v) is 4.50. The molecule has 1 fully saturated rings. The Morgan fingerprint density at radius 1 is 1.41 bits per heavy atom. The Morgan fingerprint density at radius 3 is 2.91 bits per heavy atom. The number of alkyl halides is 1. The Labute approximate surface area is 138 Å². The number of rotatable bonds is 5. The van der Waals surface area contributed by atoms with Crippen LogP contribution < -0.4 is 4.74 Å². The molecule has 1 aliphatic rings. The smallest absolute Gasteiger partial charge is 0.128 e. The van der Waals surface area contributed by atoms with E-state index in [-0.39, 0.29) is 0 Å². The van der Waals surface area contributed by atoms with Crippen LogP contribution in [0.5, 0.6) is 5.75 Å². The van der Waals surface area contributed by atoms with Gasteiger partial charge in [0, 0.05) is 32.2 Å². The van der Waals surface area contributed by atoms with Crippen LogP contribution in [0.2, 0.25) is 0 Å². The highest BCUT2D eigenvalue weighted by atomic mass is 79.9. The Kier molecular flexibility index (Phi) is 4.78. The van der Waals surface area contributed by atoms with Crippen molar-refractivity contribution in [2.75, 3.05) is 26.2 Å². The minimum atomic E-state index is -0.683. The van der Waals surface area contributed by atoms with Gasteiger partial charge >= 0.3 is 0 Å². The molecule has 1 aliphatic heterocycles. The van der Waals surface area contributed by atoms with Crippen LogP contribution in [0.15, 0.2) is 34.9 Å². The molecule has 3 rings (SSSR count). The number of para-hydroxylation sites is 1. The largest absolute Gasteiger partial charge is 0.492 e. The number of aryl methyl sites for hydroxylation is 1. The molecule has 0 bridgehead atoms. The molecule has 6 heteroatoms. The molecule has 22 heavy (non-hydrogen) atoms. The van der Waals surface area contributed by atoms with Crippen molar-refractivity contribution in [1.82, 2.24) is 14.7 Å². The average Bonchev–Trinajstić information content (AvgIpc) is 3.06. The molecule has 1 aromatic heterocycles. The maximum atomic E-state index is 13.2. The minimum Gasteiger partial charge on any atom is -0.492 e. The second-order valence-corrected chi connectivity index (χ2v) is 6.35. The van der Waals surface area contributed by atoms with E-state index in [1.165, 1.54) is 0 Å². The van der Waals surface area contributed by atoms with Gasteiger partial charge in [-0.3, -0.25) is 9.58 Å². The molecule has 1 saturated heterocycles. The van der Waals surface area contributed by atoms with Gasteiger partial charge in [0.1, 0.15) is 18.5 Å². The van der Waals surface area contributed by atoms with Gasteiger partial charge in [-0.2, -0.15) is 5.10 Å². The molecule has 0 amide bonds. The average molecular weight is 368 g/mol. The molecule has 0 aliphatic carbocycles. The van der Waals surface area contributed by atoms with Gasteiger partial charge in [0.2, 0.25) is 0 Å². The molecular formula is C16H19BrFN3O. The fraction of sp³-hybridized carbons (Fsp3) is 0.438. The van der Waals surface area contributed by atoms with E-state index in [1.54, 1.807) is 6.20 Å². The first-order valence-corrected chi connectivity index (χ1v) is 8.20. The summed E-state index contributed by atoms with van der Waals surface area (Å²) in [5.74, 6) is 0.822. The molecule has 0 radical (unpaired) electrons. The first-order chi connectivity index (χ1) is 10.6. The zero-order chi connectivity index (χ0) is 15.5. The Morgan fingerprint density at radius 2 is 2.23 bits per heavy atom. The zero-order valence-corrected chi connectivity index (χ0v) is 14.1. The molecule has 0 spiro atoms. The van der Waals surface area contributed by atoms with Crippen molar-refractivity contribution in [2.24, 2.45) is 7.05 Å². The number of halogens is 2. The topological polar surface area (TPSA) is 30.3 Å². The predicted octanol–water partition coefficient (Wildman–Crippen LogP) is 3.27. The number of aromatic nitrogens is 2. The van der Waals surface area contributed by atoms with Crippen molar-refractivity contribution in [3.05, 3.63) is 34.9 Å². The van der Waals surface area contributed by atoms with E-state index < -0.39 is 6.17 Å². The summed E-state index contributed by atoms with van der Waals surface area (Å²) in [5.41, 5.74) is 1.99. The lowest BCUT2D eigenvalue weighted by Gasteiger charge is -2.16. The highest BCUT2D eigenvalue weighted by Crippen LogP contribution is 2.34. The molecule has 4 nitrogen and oxygen atoms in total. The van der Waals surface area contributed by atoms with E-state index in [2.05, 4.69) is 25.9 Å². The standard InChI is InChI=1S/C16H19BrFN3O/c1-20-16(14(17)10-19-20)13-4-2-3-5-15(13)22-9-8-21-7-6-12(18)11-21/h2-5,10,12H,6-9,11H2,1H3/t12-/m0/s1. The number of hydrogen-bond acceptors (Lipinski definition) is 3. The summed E-state index contributed by atoms with van der Waals surface area (Å²) in [6, 6.07) is 7.91. The number of ether oxygens (including phenoxy) is 1. The molecule has 118 valence electrons. The summed E-state index contributed by atoms with van der Waals surface area (Å²) in [4.78, 5) is 2.10. The van der Waals surface area contributed by atoms with E-state index in [0.717, 1.165) is 34.6 Å². The van der Waals surface area contributed by atoms with Crippen molar-refractivity contribution in [3.63, 3.8) is 0 Å². The maximum absolute atomic E-state index is 13.2. The third kappa shape index (κ3) is 3.33. The van der Waals surface area contributed by atoms with Crippen molar-refractivity contribution in [2.45, 2.75) is 12.6 Å². The first-order valence-electron chi connectivity index (χ1n) is 7.41. The van der Waals surface area contributed by atoms with Crippen LogP contribution in [0.3, 0.4) is 0 Å². The third-order valence-electron chi connectivity index (χ3n) is 3.92. The fourth-order valence-corrected chi connectivity index (χ4v) is 3.34. The quantitative estimate of drug-likeness (QED) is 0.812. The van der Waals surface area contributed by atoms with E-state index in [0.29, 0.717) is 19.6 Å². The molecule has 0 N–H and O–H groups in total. The summed E-state index contributed by atoms with van der Waals surface area (Å²) in [5, 5.41) is 4.25. The number of hydrogen-bond donors (Lipinski definition) is 0. The van der Waals surface area contributed by atoms with E-state index in [9.17, 15) is 4.39 Å². The molecule has 2 heterocycles. The molecule has 1 aromatic carbocycles. The first kappa shape index (κ1) is 15.5. The van der Waals surface area contributed by atoms with Crippen LogP contribution >= 0.6 is 15.9 Å². The molecule has 0 unspecified atom stereocenters. The van der Waals surface area contributed by atoms with Crippen LogP contribution in [0.25, 0.3) is 11.3 Å². The Bertz CT molecular complexity index is 627. The zero-order valence-electron chi connectivity index (χ0n) is 12.5. The summed E-state index contributed by atoms with van der Waals surface area (Å²) in [6.07, 6.45) is 1.73. The SMILES string of the molecule is Cn1ncc(Br)c1-c1ccccc1OCCN1CC[C@H](F)C1. The van der Waals surface area contributed by atoms with E-state index in [4.69, 9.17) is 4.74 Å². The number of likely N-dealkylation sites (tertiary alicyclic amines) is 1. The van der Waals surface area contributed by atoms with Crippen molar-refractivity contribution < 1.29 is 9.13 Å². The highest BCUT2D eigenvalue weighted by Gasteiger charge is 2.21. The van der Waals surface area contributed by atoms with Crippen LogP contribution in [0, 0.1) is 0 Å². The molecule has 0 saturated carbocycles. The second-order valence-electron chi connectivity index (χ2n) is 5.50. The monoisotopic (exact) mass is 367 g/mol. The van der Waals surface area contributed by atoms with Gasteiger partial charge in [-0.05, 0) is 34.5 Å². The molecular weight excluding hydrogens is 349 g/mol. The lowest BCUT2D eigenvalue weighted by Crippen LogP contribution is -2.26. The van der Waals surface area contributed by atoms with Gasteiger partial charge in [0.05, 0.1) is 16.4 Å². The van der Waals surface area contributed by atoms with Gasteiger partial charge in [-0.1, -0.05) is 12.1 Å². The van der Waals surface area contributed by atoms with Crippen LogP contribution in [0.4, 0.5) is 4.39 Å². The summed E-state index contributed by atoms with van der Waals surface area (Å²) < 4.78 is 21.9. The fourth-order valence-electron chi connectivity index (χ4n) is 2.78. The van der Waals surface area contributed by atoms with Crippen LogP contribution in [-0.2, 0) is 7.05 Å². The van der Waals surface area contributed by atoms with Gasteiger partial charge < -0.3 is 4.74 Å². The lowest BCUT2D eigenvalue weighted by atomic mass is 10.1. The maximum Gasteiger partial charge on any atom is 0.128 e. The summed E-state index contributed by atoms with van der Waals surface area (Å²) >= 11 is 3.53. The Hall–Kier alpha value is -1.40. The van der Waals surface area contributed by atoms with Gasteiger partial charge in [0.15, 0.2) is 0 Å². The van der Waals surface area contributed by atoms with Gasteiger partial charge in [-0.25, -0.2) is 4.39 Å². The van der Waals surface area contributed by atoms with E-state index in [1.807, 2.05) is 36.0 Å². The second kappa shape index (κ2) is 6.79. The van der Waals surface area contributed by atoms with Gasteiger partial charge in [0.25, 0.3) is 0 Å². The lowest BCUT2D eigenvalue weighted by molar-refractivity contribution is 0.225. The highest BCUT2D eigenvalue weighted by molar-refractivity contribution is 9.10. The Balaban J connectivity index is 1.69. The predicted molar refractivity (Wildman–Crippen MR) is 87.8 cm³/mol. The minimum absolute atomic E-state index is 0.526. The van der Waals surface area contributed by atoms with Crippen LogP contribution in [0.1, 0.15) is 6.42 Å². The number of benzene rings is 1. The molecule has 1 atom stereocenters. The summed E-state index contributed by atoms with van der Waals surface area (Å²) in [6.45, 7) is 2.65. The van der Waals surface area contributed by atoms with Crippen molar-refractivity contribution >= 4 is 15.9 Å². The number of nitrogens with zero attached hydrogens (tertiary/aromatic N) is 3. The normalized spacial score (nSPS) is 18.8. The van der Waals surface area contributed by atoms with Gasteiger partial charge in [-0.15, -0.1) is 0 Å². The van der Waals surface area contributed by atoms with Crippen molar-refractivity contribution in [1.29, 1.82) is 0 Å². The molecule has 2 aromatic rings. The van der Waals surface area contributed by atoms with Crippen LogP contribution in [-0.4, -0.2) is 47.1 Å². The summed E-state index contributed by atoms with van der Waals surface area (Å²) in [7, 11) is 1.91. The van der Waals surface area contributed by atoms with E-state index >= 15 is 0 Å². The van der Waals surface area contributed by atoms with Crippen molar-refractivity contribution in [3.8, 4) is 17.0 Å².